The minimum atomic E-state index is 0.361. The van der Waals surface area contributed by atoms with Crippen molar-refractivity contribution in [3.63, 3.8) is 0 Å². The smallest absolute Gasteiger partial charge is 0.142 e. The molecule has 0 aliphatic heterocycles. The van der Waals surface area contributed by atoms with Crippen LogP contribution in [0.5, 0.6) is 5.75 Å². The van der Waals surface area contributed by atoms with E-state index in [1.807, 2.05) is 12.1 Å². The lowest BCUT2D eigenvalue weighted by Gasteiger charge is -2.22. The predicted octanol–water partition coefficient (Wildman–Crippen LogP) is 4.07. The molecule has 2 N–H and O–H groups in total. The first kappa shape index (κ1) is 12.3. The lowest BCUT2D eigenvalue weighted by molar-refractivity contribution is 0.167. The average molecular weight is 233 g/mol. The van der Waals surface area contributed by atoms with Gasteiger partial charge in [-0.3, -0.25) is 0 Å². The SMILES string of the molecule is Cc1ccc(OC2CCCCCCC2)c(N)c1. The molecule has 1 aromatic rings. The van der Waals surface area contributed by atoms with Gasteiger partial charge in [0, 0.05) is 0 Å². The van der Waals surface area contributed by atoms with Crippen molar-refractivity contribution in [2.24, 2.45) is 0 Å². The number of benzene rings is 1. The Morgan fingerprint density at radius 2 is 1.71 bits per heavy atom. The van der Waals surface area contributed by atoms with E-state index < -0.39 is 0 Å². The van der Waals surface area contributed by atoms with Gasteiger partial charge in [0.1, 0.15) is 5.75 Å². The first-order valence-corrected chi connectivity index (χ1v) is 6.78. The number of ether oxygens (including phenoxy) is 1. The van der Waals surface area contributed by atoms with E-state index in [1.165, 1.54) is 50.5 Å². The zero-order valence-electron chi connectivity index (χ0n) is 10.7. The summed E-state index contributed by atoms with van der Waals surface area (Å²) in [4.78, 5) is 0. The Labute approximate surface area is 104 Å². The van der Waals surface area contributed by atoms with Crippen LogP contribution in [0.25, 0.3) is 0 Å². The van der Waals surface area contributed by atoms with Gasteiger partial charge in [-0.15, -0.1) is 0 Å². The maximum absolute atomic E-state index is 6.05. The molecule has 2 nitrogen and oxygen atoms in total. The fourth-order valence-electron chi connectivity index (χ4n) is 2.49. The van der Waals surface area contributed by atoms with E-state index in [-0.39, 0.29) is 0 Å². The number of anilines is 1. The summed E-state index contributed by atoms with van der Waals surface area (Å²) in [5.74, 6) is 0.862. The summed E-state index contributed by atoms with van der Waals surface area (Å²) in [7, 11) is 0. The molecule has 1 aliphatic carbocycles. The van der Waals surface area contributed by atoms with E-state index in [2.05, 4.69) is 13.0 Å². The Hall–Kier alpha value is -1.18. The van der Waals surface area contributed by atoms with Gasteiger partial charge >= 0.3 is 0 Å². The summed E-state index contributed by atoms with van der Waals surface area (Å²) in [5.41, 5.74) is 7.94. The van der Waals surface area contributed by atoms with Gasteiger partial charge in [-0.1, -0.05) is 25.3 Å². The van der Waals surface area contributed by atoms with Crippen molar-refractivity contribution < 1.29 is 4.74 Å². The van der Waals surface area contributed by atoms with E-state index in [0.29, 0.717) is 6.10 Å². The average Bonchev–Trinajstić information content (AvgIpc) is 2.25. The molecule has 0 radical (unpaired) electrons. The molecular formula is C15H23NO. The molecule has 0 aromatic heterocycles. The Bertz CT molecular complexity index is 354. The quantitative estimate of drug-likeness (QED) is 0.781. The van der Waals surface area contributed by atoms with Crippen LogP contribution in [0.3, 0.4) is 0 Å². The molecule has 17 heavy (non-hydrogen) atoms. The molecule has 2 rings (SSSR count). The second-order valence-corrected chi connectivity index (χ2v) is 5.13. The molecule has 0 amide bonds. The number of hydrogen-bond donors (Lipinski definition) is 1. The molecular weight excluding hydrogens is 210 g/mol. The van der Waals surface area contributed by atoms with Crippen molar-refractivity contribution in [1.82, 2.24) is 0 Å². The van der Waals surface area contributed by atoms with Crippen LogP contribution in [0.2, 0.25) is 0 Å². The Morgan fingerprint density at radius 1 is 1.06 bits per heavy atom. The second kappa shape index (κ2) is 5.95. The largest absolute Gasteiger partial charge is 0.488 e. The third-order valence-corrected chi connectivity index (χ3v) is 3.51. The monoisotopic (exact) mass is 233 g/mol. The fourth-order valence-corrected chi connectivity index (χ4v) is 2.49. The van der Waals surface area contributed by atoms with Gasteiger partial charge in [-0.2, -0.15) is 0 Å². The minimum Gasteiger partial charge on any atom is -0.488 e. The molecule has 1 fully saturated rings. The molecule has 1 aliphatic rings. The molecule has 0 spiro atoms. The second-order valence-electron chi connectivity index (χ2n) is 5.13. The number of nitrogens with two attached hydrogens (primary N) is 1. The molecule has 0 unspecified atom stereocenters. The van der Waals surface area contributed by atoms with Crippen molar-refractivity contribution in [3.8, 4) is 5.75 Å². The summed E-state index contributed by atoms with van der Waals surface area (Å²) < 4.78 is 6.05. The van der Waals surface area contributed by atoms with Crippen LogP contribution in [0.15, 0.2) is 18.2 Å². The van der Waals surface area contributed by atoms with E-state index in [0.717, 1.165) is 11.4 Å². The standard InChI is InChI=1S/C15H23NO/c1-12-9-10-15(14(16)11-12)17-13-7-5-3-2-4-6-8-13/h9-11,13H,2-8,16H2,1H3. The molecule has 0 heterocycles. The first-order chi connectivity index (χ1) is 8.25. The van der Waals surface area contributed by atoms with Crippen LogP contribution in [0.4, 0.5) is 5.69 Å². The molecule has 1 aromatic carbocycles. The summed E-state index contributed by atoms with van der Waals surface area (Å²) in [5, 5.41) is 0. The van der Waals surface area contributed by atoms with Crippen LogP contribution in [0.1, 0.15) is 50.5 Å². The zero-order valence-corrected chi connectivity index (χ0v) is 10.7. The van der Waals surface area contributed by atoms with Gasteiger partial charge in [-0.05, 0) is 50.3 Å². The molecule has 0 atom stereocenters. The van der Waals surface area contributed by atoms with Gasteiger partial charge in [0.25, 0.3) is 0 Å². The van der Waals surface area contributed by atoms with Crippen LogP contribution < -0.4 is 10.5 Å². The number of rotatable bonds is 2. The predicted molar refractivity (Wildman–Crippen MR) is 72.3 cm³/mol. The van der Waals surface area contributed by atoms with Crippen LogP contribution in [-0.4, -0.2) is 6.10 Å². The van der Waals surface area contributed by atoms with Crippen molar-refractivity contribution >= 4 is 5.69 Å². The molecule has 0 saturated heterocycles. The number of nitrogen functional groups attached to an aromatic ring is 1. The lowest BCUT2D eigenvalue weighted by Crippen LogP contribution is -2.18. The Morgan fingerprint density at radius 3 is 2.35 bits per heavy atom. The zero-order chi connectivity index (χ0) is 12.1. The maximum Gasteiger partial charge on any atom is 0.142 e. The fraction of sp³-hybridized carbons (Fsp3) is 0.600. The summed E-state index contributed by atoms with van der Waals surface area (Å²) in [6.07, 6.45) is 9.37. The highest BCUT2D eigenvalue weighted by Crippen LogP contribution is 2.27. The Balaban J connectivity index is 1.98. The van der Waals surface area contributed by atoms with Gasteiger partial charge < -0.3 is 10.5 Å². The maximum atomic E-state index is 6.05. The molecule has 94 valence electrons. The molecule has 0 bridgehead atoms. The summed E-state index contributed by atoms with van der Waals surface area (Å²) in [6.45, 7) is 2.05. The van der Waals surface area contributed by atoms with Gasteiger partial charge in [0.2, 0.25) is 0 Å². The van der Waals surface area contributed by atoms with E-state index in [9.17, 15) is 0 Å². The molecule has 1 saturated carbocycles. The Kier molecular flexibility index (Phi) is 4.29. The van der Waals surface area contributed by atoms with E-state index in [4.69, 9.17) is 10.5 Å². The highest BCUT2D eigenvalue weighted by Gasteiger charge is 2.13. The van der Waals surface area contributed by atoms with Crippen LogP contribution >= 0.6 is 0 Å². The number of aryl methyl sites for hydroxylation is 1. The van der Waals surface area contributed by atoms with Crippen molar-refractivity contribution in [3.05, 3.63) is 23.8 Å². The first-order valence-electron chi connectivity index (χ1n) is 6.78. The van der Waals surface area contributed by atoms with Crippen molar-refractivity contribution in [2.45, 2.75) is 58.0 Å². The third kappa shape index (κ3) is 3.65. The van der Waals surface area contributed by atoms with E-state index >= 15 is 0 Å². The topological polar surface area (TPSA) is 35.2 Å². The van der Waals surface area contributed by atoms with Crippen LogP contribution in [-0.2, 0) is 0 Å². The van der Waals surface area contributed by atoms with Crippen molar-refractivity contribution in [2.75, 3.05) is 5.73 Å². The number of hydrogen-bond acceptors (Lipinski definition) is 2. The van der Waals surface area contributed by atoms with Gasteiger partial charge in [0.15, 0.2) is 0 Å². The summed E-state index contributed by atoms with van der Waals surface area (Å²) >= 11 is 0. The highest BCUT2D eigenvalue weighted by atomic mass is 16.5. The highest BCUT2D eigenvalue weighted by molar-refractivity contribution is 5.54. The van der Waals surface area contributed by atoms with E-state index in [1.54, 1.807) is 0 Å². The van der Waals surface area contributed by atoms with Gasteiger partial charge in [-0.25, -0.2) is 0 Å². The molecule has 2 heteroatoms. The van der Waals surface area contributed by atoms with Crippen LogP contribution in [0, 0.1) is 6.92 Å². The summed E-state index contributed by atoms with van der Waals surface area (Å²) in [6, 6.07) is 6.05. The third-order valence-electron chi connectivity index (χ3n) is 3.51. The lowest BCUT2D eigenvalue weighted by atomic mass is 9.98. The minimum absolute atomic E-state index is 0.361. The van der Waals surface area contributed by atoms with Crippen molar-refractivity contribution in [1.29, 1.82) is 0 Å². The van der Waals surface area contributed by atoms with Gasteiger partial charge in [0.05, 0.1) is 11.8 Å². The normalized spacial score (nSPS) is 18.4.